The lowest BCUT2D eigenvalue weighted by atomic mass is 9.77. The molecule has 1 spiro atoms. The molecule has 0 saturated carbocycles. The SMILES string of the molecule is O=C1[C@H]2[C@@H](C(=O)N1Cc1ccc(Cl)cc1)C1(O[C@H]2c2ccccc2F)C(=O)c2ccccc2C1=O. The number of imide groups is 1. The van der Waals surface area contributed by atoms with Crippen molar-refractivity contribution in [2.45, 2.75) is 18.2 Å². The average Bonchev–Trinajstić information content (AvgIpc) is 3.42. The van der Waals surface area contributed by atoms with Crippen molar-refractivity contribution in [2.24, 2.45) is 11.8 Å². The summed E-state index contributed by atoms with van der Waals surface area (Å²) in [5.74, 6) is -5.95. The monoisotopic (exact) mass is 489 g/mol. The van der Waals surface area contributed by atoms with Crippen LogP contribution in [0.2, 0.25) is 5.02 Å². The van der Waals surface area contributed by atoms with E-state index in [1.807, 2.05) is 0 Å². The van der Waals surface area contributed by atoms with E-state index in [0.29, 0.717) is 10.6 Å². The summed E-state index contributed by atoms with van der Waals surface area (Å²) in [5.41, 5.74) is -1.31. The van der Waals surface area contributed by atoms with Gasteiger partial charge in [-0.05, 0) is 23.8 Å². The van der Waals surface area contributed by atoms with E-state index in [2.05, 4.69) is 0 Å². The number of likely N-dealkylation sites (tertiary alicyclic amines) is 1. The van der Waals surface area contributed by atoms with Crippen LogP contribution in [0.1, 0.15) is 37.9 Å². The molecule has 35 heavy (non-hydrogen) atoms. The minimum absolute atomic E-state index is 0.0189. The van der Waals surface area contributed by atoms with E-state index >= 15 is 0 Å². The fraction of sp³-hybridized carbons (Fsp3) is 0.185. The number of nitrogens with zero attached hydrogens (tertiary/aromatic N) is 1. The predicted octanol–water partition coefficient (Wildman–Crippen LogP) is 4.17. The molecule has 0 N–H and O–H groups in total. The Morgan fingerprint density at radius 1 is 0.829 bits per heavy atom. The third kappa shape index (κ3) is 2.92. The minimum Gasteiger partial charge on any atom is -0.349 e. The van der Waals surface area contributed by atoms with E-state index in [-0.39, 0.29) is 23.2 Å². The fourth-order valence-electron chi connectivity index (χ4n) is 5.49. The van der Waals surface area contributed by atoms with Crippen LogP contribution >= 0.6 is 11.6 Å². The van der Waals surface area contributed by atoms with Crippen LogP contribution in [0.15, 0.2) is 72.8 Å². The van der Waals surface area contributed by atoms with Crippen LogP contribution in [0, 0.1) is 17.7 Å². The highest BCUT2D eigenvalue weighted by Crippen LogP contribution is 2.57. The number of amides is 2. The molecule has 3 aromatic carbocycles. The number of carbonyl (C=O) groups excluding carboxylic acids is 4. The summed E-state index contributed by atoms with van der Waals surface area (Å²) in [4.78, 5) is 55.7. The van der Waals surface area contributed by atoms with Gasteiger partial charge in [0.1, 0.15) is 5.82 Å². The third-order valence-corrected chi connectivity index (χ3v) is 7.33. The molecular formula is C27H17ClFNO5. The summed E-state index contributed by atoms with van der Waals surface area (Å²) in [7, 11) is 0. The molecule has 0 unspecified atom stereocenters. The smallest absolute Gasteiger partial charge is 0.237 e. The van der Waals surface area contributed by atoms with Gasteiger partial charge in [0.05, 0.1) is 24.5 Å². The maximum atomic E-state index is 14.9. The molecule has 174 valence electrons. The van der Waals surface area contributed by atoms with Crippen LogP contribution < -0.4 is 0 Å². The Labute approximate surface area is 204 Å². The van der Waals surface area contributed by atoms with Gasteiger partial charge in [0.25, 0.3) is 0 Å². The van der Waals surface area contributed by atoms with Crippen molar-refractivity contribution in [3.63, 3.8) is 0 Å². The van der Waals surface area contributed by atoms with Gasteiger partial charge in [-0.15, -0.1) is 0 Å². The zero-order chi connectivity index (χ0) is 24.5. The molecule has 3 aromatic rings. The molecular weight excluding hydrogens is 473 g/mol. The normalized spacial score (nSPS) is 24.4. The van der Waals surface area contributed by atoms with Gasteiger partial charge < -0.3 is 4.74 Å². The van der Waals surface area contributed by atoms with Gasteiger partial charge in [-0.2, -0.15) is 0 Å². The summed E-state index contributed by atoms with van der Waals surface area (Å²) in [6.07, 6.45) is -1.28. The van der Waals surface area contributed by atoms with Crippen LogP contribution in [0.25, 0.3) is 0 Å². The number of ether oxygens (including phenoxy) is 1. The first kappa shape index (κ1) is 21.8. The quantitative estimate of drug-likeness (QED) is 0.407. The molecule has 2 amide bonds. The van der Waals surface area contributed by atoms with E-state index in [0.717, 1.165) is 4.90 Å². The summed E-state index contributed by atoms with van der Waals surface area (Å²) in [6, 6.07) is 18.5. The van der Waals surface area contributed by atoms with E-state index in [9.17, 15) is 23.6 Å². The van der Waals surface area contributed by atoms with Gasteiger partial charge in [-0.1, -0.05) is 66.2 Å². The van der Waals surface area contributed by atoms with Crippen LogP contribution in [0.4, 0.5) is 4.39 Å². The number of Topliss-reactive ketones (excluding diaryl/α,β-unsaturated/α-hetero) is 2. The molecule has 0 bridgehead atoms. The van der Waals surface area contributed by atoms with E-state index in [4.69, 9.17) is 16.3 Å². The molecule has 8 heteroatoms. The Kier molecular flexibility index (Phi) is 4.78. The topological polar surface area (TPSA) is 80.8 Å². The molecule has 2 aliphatic heterocycles. The standard InChI is InChI=1S/C27H17ClFNO5/c28-15-11-9-14(10-12-15)13-30-25(33)20-21(26(30)34)27(35-22(20)18-7-3-4-8-19(18)29)23(31)16-5-1-2-6-17(16)24(27)32/h1-12,20-22H,13H2/t20-,21-,22-/m0/s1. The maximum absolute atomic E-state index is 14.9. The highest BCUT2D eigenvalue weighted by atomic mass is 35.5. The molecule has 0 aromatic heterocycles. The largest absolute Gasteiger partial charge is 0.349 e. The summed E-state index contributed by atoms with van der Waals surface area (Å²) < 4.78 is 20.9. The van der Waals surface area contributed by atoms with Crippen molar-refractivity contribution in [1.29, 1.82) is 0 Å². The van der Waals surface area contributed by atoms with Gasteiger partial charge >= 0.3 is 0 Å². The van der Waals surface area contributed by atoms with Gasteiger partial charge in [0.2, 0.25) is 29.0 Å². The number of carbonyl (C=O) groups is 4. The Hall–Kier alpha value is -3.68. The van der Waals surface area contributed by atoms with E-state index in [1.165, 1.54) is 30.3 Å². The molecule has 2 heterocycles. The van der Waals surface area contributed by atoms with Crippen molar-refractivity contribution in [3.8, 4) is 0 Å². The predicted molar refractivity (Wildman–Crippen MR) is 122 cm³/mol. The second kappa shape index (κ2) is 7.66. The Bertz CT molecular complexity index is 1400. The zero-order valence-electron chi connectivity index (χ0n) is 18.1. The second-order valence-corrected chi connectivity index (χ2v) is 9.33. The number of benzene rings is 3. The van der Waals surface area contributed by atoms with Crippen LogP contribution in [-0.4, -0.2) is 33.9 Å². The molecule has 1 aliphatic carbocycles. The van der Waals surface area contributed by atoms with Crippen LogP contribution in [0.3, 0.4) is 0 Å². The van der Waals surface area contributed by atoms with Crippen molar-refractivity contribution in [2.75, 3.05) is 0 Å². The minimum atomic E-state index is -2.22. The second-order valence-electron chi connectivity index (χ2n) is 8.89. The summed E-state index contributed by atoms with van der Waals surface area (Å²) >= 11 is 5.95. The summed E-state index contributed by atoms with van der Waals surface area (Å²) in [5, 5.41) is 0.497. The molecule has 6 nitrogen and oxygen atoms in total. The maximum Gasteiger partial charge on any atom is 0.237 e. The number of rotatable bonds is 3. The lowest BCUT2D eigenvalue weighted by Gasteiger charge is -2.27. The number of ketones is 2. The first-order valence-electron chi connectivity index (χ1n) is 11.0. The van der Waals surface area contributed by atoms with E-state index < -0.39 is 52.7 Å². The lowest BCUT2D eigenvalue weighted by Crippen LogP contribution is -2.50. The third-order valence-electron chi connectivity index (χ3n) is 7.08. The van der Waals surface area contributed by atoms with Crippen molar-refractivity contribution in [3.05, 3.63) is 106 Å². The van der Waals surface area contributed by atoms with Gasteiger partial charge in [-0.3, -0.25) is 24.1 Å². The highest BCUT2D eigenvalue weighted by Gasteiger charge is 2.74. The van der Waals surface area contributed by atoms with Crippen LogP contribution in [0.5, 0.6) is 0 Å². The Morgan fingerprint density at radius 3 is 2.06 bits per heavy atom. The number of fused-ring (bicyclic) bond motifs is 3. The van der Waals surface area contributed by atoms with Crippen molar-refractivity contribution >= 4 is 35.0 Å². The summed E-state index contributed by atoms with van der Waals surface area (Å²) in [6.45, 7) is -0.0722. The van der Waals surface area contributed by atoms with Gasteiger partial charge in [-0.25, -0.2) is 4.39 Å². The highest BCUT2D eigenvalue weighted by molar-refractivity contribution is 6.35. The molecule has 3 atom stereocenters. The lowest BCUT2D eigenvalue weighted by molar-refractivity contribution is -0.145. The Morgan fingerprint density at radius 2 is 1.43 bits per heavy atom. The molecule has 2 fully saturated rings. The molecule has 6 rings (SSSR count). The average molecular weight is 490 g/mol. The first-order chi connectivity index (χ1) is 16.8. The Balaban J connectivity index is 1.49. The fourth-order valence-corrected chi connectivity index (χ4v) is 5.62. The number of halogens is 2. The first-order valence-corrected chi connectivity index (χ1v) is 11.4. The van der Waals surface area contributed by atoms with Crippen molar-refractivity contribution in [1.82, 2.24) is 4.90 Å². The number of hydrogen-bond donors (Lipinski definition) is 0. The van der Waals surface area contributed by atoms with Crippen LogP contribution in [-0.2, 0) is 20.9 Å². The van der Waals surface area contributed by atoms with E-state index in [1.54, 1.807) is 42.5 Å². The van der Waals surface area contributed by atoms with Gasteiger partial charge in [0, 0.05) is 21.7 Å². The molecule has 3 aliphatic rings. The molecule has 2 saturated heterocycles. The molecule has 0 radical (unpaired) electrons. The zero-order valence-corrected chi connectivity index (χ0v) is 18.9. The number of hydrogen-bond acceptors (Lipinski definition) is 5. The van der Waals surface area contributed by atoms with Gasteiger partial charge in [0.15, 0.2) is 0 Å². The van der Waals surface area contributed by atoms with Crippen molar-refractivity contribution < 1.29 is 28.3 Å².